The fraction of sp³-hybridized carbons (Fsp3) is 0.263. The molecule has 5 aliphatic rings. The van der Waals surface area contributed by atoms with E-state index >= 15 is 0 Å². The average molecular weight is 799 g/mol. The quantitative estimate of drug-likeness (QED) is 0.168. The number of allylic oxidation sites excluding steroid dienone is 1. The van der Waals surface area contributed by atoms with Crippen molar-refractivity contribution < 1.29 is 0 Å². The number of hydrogen-bond donors (Lipinski definition) is 2. The highest BCUT2D eigenvalue weighted by molar-refractivity contribution is 5.88. The first-order valence-corrected chi connectivity index (χ1v) is 22.4. The first-order valence-electron chi connectivity index (χ1n) is 22.4. The van der Waals surface area contributed by atoms with Crippen LogP contribution in [0.1, 0.15) is 132 Å². The molecule has 0 aromatic heterocycles. The second-order valence-corrected chi connectivity index (χ2v) is 18.3. The Hall–Kier alpha value is -6.26. The minimum atomic E-state index is 0.0244. The zero-order valence-corrected chi connectivity index (χ0v) is 37.0. The van der Waals surface area contributed by atoms with Gasteiger partial charge in [0.1, 0.15) is 12.3 Å². The third kappa shape index (κ3) is 6.50. The molecule has 5 bridgehead atoms. The van der Waals surface area contributed by atoms with Crippen molar-refractivity contribution >= 4 is 11.8 Å². The molecule has 306 valence electrons. The molecule has 2 N–H and O–H groups in total. The van der Waals surface area contributed by atoms with E-state index in [0.29, 0.717) is 11.8 Å². The molecule has 0 saturated heterocycles. The van der Waals surface area contributed by atoms with Crippen molar-refractivity contribution in [2.75, 3.05) is 4.90 Å². The highest BCUT2D eigenvalue weighted by atomic mass is 15.3. The predicted octanol–water partition coefficient (Wildman–Crippen LogP) is 14.4. The molecule has 0 spiro atoms. The number of nitrogens with zero attached hydrogens (tertiary/aromatic N) is 2. The van der Waals surface area contributed by atoms with E-state index in [1.807, 2.05) is 0 Å². The maximum atomic E-state index is 3.90. The second-order valence-electron chi connectivity index (χ2n) is 18.3. The number of anilines is 1. The summed E-state index contributed by atoms with van der Waals surface area (Å²) in [6.07, 6.45) is 13.3. The van der Waals surface area contributed by atoms with E-state index in [-0.39, 0.29) is 18.2 Å². The van der Waals surface area contributed by atoms with Crippen molar-refractivity contribution in [2.45, 2.75) is 98.3 Å². The Morgan fingerprint density at radius 1 is 0.607 bits per heavy atom. The molecule has 2 unspecified atom stereocenters. The van der Waals surface area contributed by atoms with Gasteiger partial charge >= 0.3 is 0 Å². The van der Waals surface area contributed by atoms with Crippen molar-refractivity contribution in [3.05, 3.63) is 201 Å². The minimum absolute atomic E-state index is 0.0244. The SMILES string of the molecule is Cc1c(C)c([C@H]2CCC3=CN4C=Cc5cc(ccc5C4N3)-c3ccccc32)c(C)c(C)c1-c1ccccc1-c1ccc(C2NC=CN2c2c(C(C)C)cccc2C(C)C)cc1. The first-order chi connectivity index (χ1) is 29.6. The third-order valence-electron chi connectivity index (χ3n) is 14.2. The number of hydrogen-bond acceptors (Lipinski definition) is 4. The van der Waals surface area contributed by atoms with Gasteiger partial charge in [0.25, 0.3) is 0 Å². The van der Waals surface area contributed by atoms with Crippen molar-refractivity contribution in [1.82, 2.24) is 15.5 Å². The maximum absolute atomic E-state index is 3.90. The summed E-state index contributed by atoms with van der Waals surface area (Å²) in [5, 5.41) is 7.58. The van der Waals surface area contributed by atoms with E-state index in [4.69, 9.17) is 0 Å². The lowest BCUT2D eigenvalue weighted by Crippen LogP contribution is -2.28. The molecule has 11 rings (SSSR count). The van der Waals surface area contributed by atoms with Crippen LogP contribution in [0.25, 0.3) is 39.5 Å². The smallest absolute Gasteiger partial charge is 0.129 e. The highest BCUT2D eigenvalue weighted by Gasteiger charge is 2.33. The van der Waals surface area contributed by atoms with Gasteiger partial charge in [-0.25, -0.2) is 0 Å². The molecule has 4 nitrogen and oxygen atoms in total. The van der Waals surface area contributed by atoms with Gasteiger partial charge in [-0.15, -0.1) is 0 Å². The van der Waals surface area contributed by atoms with E-state index in [0.717, 1.165) is 12.8 Å². The fourth-order valence-electron chi connectivity index (χ4n) is 10.9. The zero-order valence-electron chi connectivity index (χ0n) is 37.0. The van der Waals surface area contributed by atoms with Crippen LogP contribution in [-0.4, -0.2) is 4.90 Å². The van der Waals surface area contributed by atoms with Gasteiger partial charge < -0.3 is 20.4 Å². The molecule has 0 amide bonds. The first kappa shape index (κ1) is 38.9. The Bertz CT molecular complexity index is 2730. The lowest BCUT2D eigenvalue weighted by atomic mass is 9.75. The molecule has 5 heterocycles. The second kappa shape index (κ2) is 15.3. The Balaban J connectivity index is 1.03. The van der Waals surface area contributed by atoms with Gasteiger partial charge in [0, 0.05) is 47.7 Å². The number of para-hydroxylation sites is 1. The molecular weight excluding hydrogens is 741 g/mol. The summed E-state index contributed by atoms with van der Waals surface area (Å²) < 4.78 is 0. The van der Waals surface area contributed by atoms with Crippen molar-refractivity contribution in [3.63, 3.8) is 0 Å². The molecule has 3 atom stereocenters. The van der Waals surface area contributed by atoms with Crippen LogP contribution in [0.3, 0.4) is 0 Å². The van der Waals surface area contributed by atoms with Crippen LogP contribution in [0.2, 0.25) is 0 Å². The zero-order chi connectivity index (χ0) is 42.1. The lowest BCUT2D eigenvalue weighted by molar-refractivity contribution is 0.369. The molecule has 4 heteroatoms. The molecule has 6 aromatic carbocycles. The van der Waals surface area contributed by atoms with Crippen LogP contribution in [-0.2, 0) is 0 Å². The summed E-state index contributed by atoms with van der Waals surface area (Å²) in [5.74, 6) is 1.08. The van der Waals surface area contributed by atoms with Crippen LogP contribution >= 0.6 is 0 Å². The van der Waals surface area contributed by atoms with Gasteiger partial charge in [0.15, 0.2) is 0 Å². The van der Waals surface area contributed by atoms with E-state index in [1.54, 1.807) is 0 Å². The fourth-order valence-corrected chi connectivity index (χ4v) is 10.9. The number of fused-ring (bicyclic) bond motifs is 3. The maximum Gasteiger partial charge on any atom is 0.129 e. The largest absolute Gasteiger partial charge is 0.366 e. The van der Waals surface area contributed by atoms with E-state index in [9.17, 15) is 0 Å². The summed E-state index contributed by atoms with van der Waals surface area (Å²) in [7, 11) is 0. The van der Waals surface area contributed by atoms with E-state index in [1.165, 1.54) is 106 Å². The van der Waals surface area contributed by atoms with Crippen molar-refractivity contribution in [3.8, 4) is 33.4 Å². The Morgan fingerprint density at radius 3 is 1.97 bits per heavy atom. The normalized spacial score (nSPS) is 18.7. The van der Waals surface area contributed by atoms with Gasteiger partial charge in [-0.3, -0.25) is 0 Å². The van der Waals surface area contributed by atoms with Gasteiger partial charge in [-0.1, -0.05) is 131 Å². The lowest BCUT2D eigenvalue weighted by Gasteiger charge is -2.32. The molecule has 0 aliphatic carbocycles. The summed E-state index contributed by atoms with van der Waals surface area (Å²) in [4.78, 5) is 4.79. The Labute approximate surface area is 363 Å². The topological polar surface area (TPSA) is 30.5 Å². The molecule has 6 aromatic rings. The van der Waals surface area contributed by atoms with Crippen molar-refractivity contribution in [1.29, 1.82) is 0 Å². The molecule has 5 aliphatic heterocycles. The summed E-state index contributed by atoms with van der Waals surface area (Å²) in [6.45, 7) is 18.7. The predicted molar refractivity (Wildman–Crippen MR) is 256 cm³/mol. The molecular formula is C57H58N4. The van der Waals surface area contributed by atoms with E-state index < -0.39 is 0 Å². The average Bonchev–Trinajstić information content (AvgIpc) is 3.94. The molecule has 61 heavy (non-hydrogen) atoms. The standard InChI is InChI=1S/C57H58N4/c1-34(2)45-18-13-19-46(35(3)4)55(45)61-31-29-58-56(61)41-22-20-40(21-23-41)47-14-10-12-17-51(47)53-36(5)38(7)54(39(8)37(53)6)52-27-25-44-33-60-30-28-43-32-42(24-26-49(43)57(60)59-44)48-15-9-11-16-50(48)52/h9-24,26,28-35,52,56-59H,25,27H2,1-8H3/t52-,56?,57?/m0/s1. The minimum Gasteiger partial charge on any atom is -0.366 e. The molecule has 0 saturated carbocycles. The highest BCUT2D eigenvalue weighted by Crippen LogP contribution is 2.48. The van der Waals surface area contributed by atoms with Gasteiger partial charge in [0.05, 0.1) is 0 Å². The van der Waals surface area contributed by atoms with Crippen LogP contribution < -0.4 is 15.5 Å². The van der Waals surface area contributed by atoms with Gasteiger partial charge in [-0.2, -0.15) is 0 Å². The third-order valence-corrected chi connectivity index (χ3v) is 14.2. The number of nitrogens with one attached hydrogen (secondary N) is 2. The summed E-state index contributed by atoms with van der Waals surface area (Å²) in [6, 6.07) is 41.4. The Kier molecular flexibility index (Phi) is 9.78. The summed E-state index contributed by atoms with van der Waals surface area (Å²) in [5.41, 5.74) is 25.5. The Morgan fingerprint density at radius 2 is 1.26 bits per heavy atom. The summed E-state index contributed by atoms with van der Waals surface area (Å²) >= 11 is 0. The monoisotopic (exact) mass is 798 g/mol. The van der Waals surface area contributed by atoms with Gasteiger partial charge in [-0.05, 0) is 154 Å². The number of rotatable bonds is 7. The van der Waals surface area contributed by atoms with Crippen LogP contribution in [0, 0.1) is 27.7 Å². The van der Waals surface area contributed by atoms with Crippen LogP contribution in [0.4, 0.5) is 5.69 Å². The van der Waals surface area contributed by atoms with Crippen LogP contribution in [0.5, 0.6) is 0 Å². The number of benzene rings is 6. The molecule has 0 fully saturated rings. The van der Waals surface area contributed by atoms with Crippen molar-refractivity contribution in [2.24, 2.45) is 0 Å². The van der Waals surface area contributed by atoms with E-state index in [2.05, 4.69) is 216 Å². The molecule has 0 radical (unpaired) electrons. The van der Waals surface area contributed by atoms with Gasteiger partial charge in [0.2, 0.25) is 0 Å². The van der Waals surface area contributed by atoms with Crippen LogP contribution in [0.15, 0.2) is 140 Å².